The average molecular weight is 268 g/mol. The maximum absolute atomic E-state index is 11.3. The van der Waals surface area contributed by atoms with E-state index in [2.05, 4.69) is 11.8 Å². The monoisotopic (exact) mass is 267 g/mol. The molecular formula is C14H18ClNO2. The van der Waals surface area contributed by atoms with Crippen LogP contribution in [0.15, 0.2) is 18.2 Å². The minimum absolute atomic E-state index is 0.308. The molecule has 1 aliphatic heterocycles. The minimum Gasteiger partial charge on any atom is -0.478 e. The van der Waals surface area contributed by atoms with Crippen LogP contribution in [0.1, 0.15) is 43.0 Å². The van der Waals surface area contributed by atoms with E-state index in [0.717, 1.165) is 31.5 Å². The molecular weight excluding hydrogens is 250 g/mol. The second kappa shape index (κ2) is 5.61. The first kappa shape index (κ1) is 13.2. The number of piperidine rings is 1. The van der Waals surface area contributed by atoms with Crippen LogP contribution in [-0.2, 0) is 0 Å². The Kier molecular flexibility index (Phi) is 4.12. The first-order valence-corrected chi connectivity index (χ1v) is 6.80. The van der Waals surface area contributed by atoms with Crippen LogP contribution in [0.4, 0.5) is 5.69 Å². The van der Waals surface area contributed by atoms with Crippen molar-refractivity contribution in [2.24, 2.45) is 0 Å². The molecule has 1 fully saturated rings. The minimum atomic E-state index is -0.909. The van der Waals surface area contributed by atoms with Crippen molar-refractivity contribution in [2.45, 2.75) is 38.6 Å². The summed E-state index contributed by atoms with van der Waals surface area (Å²) in [5, 5.41) is 9.77. The van der Waals surface area contributed by atoms with E-state index >= 15 is 0 Å². The maximum atomic E-state index is 11.3. The molecule has 0 aliphatic carbocycles. The molecule has 1 atom stereocenters. The standard InChI is InChI=1S/C14H18ClNO2/c1-2-11-5-3-4-8-16(11)13-7-6-10(15)9-12(13)14(17)18/h6-7,9,11H,2-5,8H2,1H3,(H,17,18). The van der Waals surface area contributed by atoms with Crippen molar-refractivity contribution in [3.05, 3.63) is 28.8 Å². The van der Waals surface area contributed by atoms with E-state index < -0.39 is 5.97 Å². The third-order valence-corrected chi connectivity index (χ3v) is 3.83. The fourth-order valence-electron chi connectivity index (χ4n) is 2.67. The van der Waals surface area contributed by atoms with Crippen molar-refractivity contribution >= 4 is 23.3 Å². The van der Waals surface area contributed by atoms with Crippen LogP contribution in [-0.4, -0.2) is 23.7 Å². The highest BCUT2D eigenvalue weighted by molar-refractivity contribution is 6.31. The van der Waals surface area contributed by atoms with Gasteiger partial charge in [-0.15, -0.1) is 0 Å². The van der Waals surface area contributed by atoms with Gasteiger partial charge in [0.05, 0.1) is 11.3 Å². The summed E-state index contributed by atoms with van der Waals surface area (Å²) in [6.07, 6.45) is 4.53. The van der Waals surface area contributed by atoms with Crippen molar-refractivity contribution in [1.29, 1.82) is 0 Å². The topological polar surface area (TPSA) is 40.5 Å². The van der Waals surface area contributed by atoms with Gasteiger partial charge in [0, 0.05) is 17.6 Å². The first-order valence-electron chi connectivity index (χ1n) is 6.43. The molecule has 0 spiro atoms. The Hall–Kier alpha value is -1.22. The number of benzene rings is 1. The number of carboxylic acids is 1. The molecule has 98 valence electrons. The molecule has 3 nitrogen and oxygen atoms in total. The van der Waals surface area contributed by atoms with Gasteiger partial charge in [0.2, 0.25) is 0 Å². The molecule has 1 aromatic carbocycles. The molecule has 1 unspecified atom stereocenters. The molecule has 2 rings (SSSR count). The smallest absolute Gasteiger partial charge is 0.337 e. The number of nitrogens with zero attached hydrogens (tertiary/aromatic N) is 1. The Morgan fingerprint density at radius 2 is 2.28 bits per heavy atom. The van der Waals surface area contributed by atoms with Crippen LogP contribution in [0.3, 0.4) is 0 Å². The van der Waals surface area contributed by atoms with Crippen molar-refractivity contribution in [1.82, 2.24) is 0 Å². The van der Waals surface area contributed by atoms with E-state index in [1.165, 1.54) is 6.42 Å². The van der Waals surface area contributed by atoms with Gasteiger partial charge in [0.25, 0.3) is 0 Å². The van der Waals surface area contributed by atoms with E-state index in [0.29, 0.717) is 16.6 Å². The molecule has 4 heteroatoms. The number of anilines is 1. The van der Waals surface area contributed by atoms with Crippen LogP contribution in [0.2, 0.25) is 5.02 Å². The SMILES string of the molecule is CCC1CCCCN1c1ccc(Cl)cc1C(=O)O. The summed E-state index contributed by atoms with van der Waals surface area (Å²) >= 11 is 5.89. The summed E-state index contributed by atoms with van der Waals surface area (Å²) in [6, 6.07) is 5.59. The quantitative estimate of drug-likeness (QED) is 0.905. The summed E-state index contributed by atoms with van der Waals surface area (Å²) in [5.41, 5.74) is 1.11. The fourth-order valence-corrected chi connectivity index (χ4v) is 2.84. The summed E-state index contributed by atoms with van der Waals surface area (Å²) in [6.45, 7) is 3.08. The van der Waals surface area contributed by atoms with Crippen molar-refractivity contribution in [2.75, 3.05) is 11.4 Å². The van der Waals surface area contributed by atoms with Crippen LogP contribution in [0, 0.1) is 0 Å². The van der Waals surface area contributed by atoms with Gasteiger partial charge in [-0.25, -0.2) is 4.79 Å². The second-order valence-corrected chi connectivity index (χ2v) is 5.15. The van der Waals surface area contributed by atoms with E-state index in [4.69, 9.17) is 11.6 Å². The zero-order valence-electron chi connectivity index (χ0n) is 10.5. The summed E-state index contributed by atoms with van der Waals surface area (Å²) in [5.74, 6) is -0.909. The molecule has 1 heterocycles. The van der Waals surface area contributed by atoms with Gasteiger partial charge < -0.3 is 10.0 Å². The third-order valence-electron chi connectivity index (χ3n) is 3.60. The number of carboxylic acid groups (broad SMARTS) is 1. The largest absolute Gasteiger partial charge is 0.478 e. The predicted molar refractivity (Wildman–Crippen MR) is 73.7 cm³/mol. The molecule has 1 aromatic rings. The molecule has 18 heavy (non-hydrogen) atoms. The van der Waals surface area contributed by atoms with Gasteiger partial charge in [-0.2, -0.15) is 0 Å². The molecule has 0 radical (unpaired) electrons. The summed E-state index contributed by atoms with van der Waals surface area (Å²) < 4.78 is 0. The zero-order valence-corrected chi connectivity index (χ0v) is 11.3. The highest BCUT2D eigenvalue weighted by Gasteiger charge is 2.24. The summed E-state index contributed by atoms with van der Waals surface area (Å²) in [7, 11) is 0. The van der Waals surface area contributed by atoms with Gasteiger partial charge in [0.1, 0.15) is 0 Å². The number of carbonyl (C=O) groups is 1. The van der Waals surface area contributed by atoms with Crippen LogP contribution >= 0.6 is 11.6 Å². The first-order chi connectivity index (χ1) is 8.63. The van der Waals surface area contributed by atoms with Crippen LogP contribution in [0.25, 0.3) is 0 Å². The fraction of sp³-hybridized carbons (Fsp3) is 0.500. The van der Waals surface area contributed by atoms with Gasteiger partial charge in [-0.3, -0.25) is 0 Å². The molecule has 0 saturated carbocycles. The number of halogens is 1. The second-order valence-electron chi connectivity index (χ2n) is 4.72. The van der Waals surface area contributed by atoms with Gasteiger partial charge in [-0.05, 0) is 43.9 Å². The Morgan fingerprint density at radius 1 is 1.50 bits per heavy atom. The van der Waals surface area contributed by atoms with Crippen molar-refractivity contribution < 1.29 is 9.90 Å². The van der Waals surface area contributed by atoms with Crippen LogP contribution in [0.5, 0.6) is 0 Å². The lowest BCUT2D eigenvalue weighted by atomic mass is 9.98. The van der Waals surface area contributed by atoms with E-state index in [1.807, 2.05) is 6.07 Å². The number of hydrogen-bond donors (Lipinski definition) is 1. The number of hydrogen-bond acceptors (Lipinski definition) is 2. The Bertz CT molecular complexity index is 447. The Balaban J connectivity index is 2.39. The van der Waals surface area contributed by atoms with E-state index in [9.17, 15) is 9.90 Å². The van der Waals surface area contributed by atoms with Crippen molar-refractivity contribution in [3.63, 3.8) is 0 Å². The Labute approximate surface area is 112 Å². The van der Waals surface area contributed by atoms with E-state index in [-0.39, 0.29) is 0 Å². The molecule has 1 aliphatic rings. The Morgan fingerprint density at radius 3 is 2.94 bits per heavy atom. The lowest BCUT2D eigenvalue weighted by Gasteiger charge is -2.37. The third kappa shape index (κ3) is 2.61. The van der Waals surface area contributed by atoms with Crippen molar-refractivity contribution in [3.8, 4) is 0 Å². The highest BCUT2D eigenvalue weighted by atomic mass is 35.5. The molecule has 0 amide bonds. The summed E-state index contributed by atoms with van der Waals surface area (Å²) in [4.78, 5) is 13.6. The van der Waals surface area contributed by atoms with Gasteiger partial charge in [-0.1, -0.05) is 18.5 Å². The number of aromatic carboxylic acids is 1. The lowest BCUT2D eigenvalue weighted by Crippen LogP contribution is -2.39. The molecule has 0 bridgehead atoms. The normalized spacial score (nSPS) is 19.9. The molecule has 1 saturated heterocycles. The van der Waals surface area contributed by atoms with E-state index in [1.54, 1.807) is 12.1 Å². The van der Waals surface area contributed by atoms with Crippen LogP contribution < -0.4 is 4.90 Å². The molecule has 0 aromatic heterocycles. The molecule has 1 N–H and O–H groups in total. The van der Waals surface area contributed by atoms with Gasteiger partial charge in [0.15, 0.2) is 0 Å². The lowest BCUT2D eigenvalue weighted by molar-refractivity contribution is 0.0697. The highest BCUT2D eigenvalue weighted by Crippen LogP contribution is 2.31. The predicted octanol–water partition coefficient (Wildman–Crippen LogP) is 3.81. The van der Waals surface area contributed by atoms with Gasteiger partial charge >= 0.3 is 5.97 Å². The maximum Gasteiger partial charge on any atom is 0.337 e. The zero-order chi connectivity index (χ0) is 13.1. The number of rotatable bonds is 3. The average Bonchev–Trinajstić information content (AvgIpc) is 2.38.